The standard InChI is InChI=1S/C35H52N4O7/c1-23(36-31(40)21-39-15-17-45-18-16-39)33(42)38-30(19-24-11-13-27(44-3)14-12-24)34(43)37-29(32(41)35(2)22-46-35)20-26-9-6-8-25-7-4-5-10-28(25)26/h11-14,23,25-26,28-30H,4-10,15-22H2,1-3H3,(H,36,40)(H,37,43)(H,38,42)/t23-,25?,26?,28?,29-,30-,35+/m0/s1. The van der Waals surface area contributed by atoms with Crippen molar-refractivity contribution >= 4 is 23.5 Å². The molecule has 3 N–H and O–H groups in total. The number of amides is 3. The lowest BCUT2D eigenvalue weighted by atomic mass is 9.64. The minimum absolute atomic E-state index is 0.1000. The third-order valence-corrected chi connectivity index (χ3v) is 10.5. The largest absolute Gasteiger partial charge is 0.497 e. The maximum atomic E-state index is 14.1. The Labute approximate surface area is 272 Å². The number of epoxide rings is 1. The van der Waals surface area contributed by atoms with Crippen molar-refractivity contribution in [3.8, 4) is 5.75 Å². The van der Waals surface area contributed by atoms with Crippen molar-refractivity contribution in [3.05, 3.63) is 29.8 Å². The molecule has 4 aliphatic rings. The lowest BCUT2D eigenvalue weighted by molar-refractivity contribution is -0.134. The van der Waals surface area contributed by atoms with Crippen LogP contribution >= 0.6 is 0 Å². The second-order valence-electron chi connectivity index (χ2n) is 13.9. The molecule has 2 heterocycles. The van der Waals surface area contributed by atoms with Crippen LogP contribution in [-0.2, 0) is 35.1 Å². The lowest BCUT2D eigenvalue weighted by Gasteiger charge is -2.42. The van der Waals surface area contributed by atoms with E-state index in [-0.39, 0.29) is 24.7 Å². The fourth-order valence-corrected chi connectivity index (χ4v) is 7.61. The monoisotopic (exact) mass is 640 g/mol. The summed E-state index contributed by atoms with van der Waals surface area (Å²) in [5, 5.41) is 8.72. The number of nitrogens with one attached hydrogen (secondary N) is 3. The molecule has 1 aromatic rings. The van der Waals surface area contributed by atoms with Crippen LogP contribution in [0.25, 0.3) is 0 Å². The minimum atomic E-state index is -0.962. The first-order valence-electron chi connectivity index (χ1n) is 17.2. The van der Waals surface area contributed by atoms with Crippen molar-refractivity contribution < 1.29 is 33.4 Å². The van der Waals surface area contributed by atoms with Crippen LogP contribution in [0.1, 0.15) is 70.8 Å². The third kappa shape index (κ3) is 9.07. The van der Waals surface area contributed by atoms with Crippen LogP contribution in [0, 0.1) is 17.8 Å². The molecule has 11 heteroatoms. The van der Waals surface area contributed by atoms with Gasteiger partial charge in [-0.25, -0.2) is 0 Å². The molecule has 3 amide bonds. The quantitative estimate of drug-likeness (QED) is 0.264. The molecule has 0 aromatic heterocycles. The molecule has 11 nitrogen and oxygen atoms in total. The van der Waals surface area contributed by atoms with Crippen LogP contribution < -0.4 is 20.7 Å². The summed E-state index contributed by atoms with van der Waals surface area (Å²) in [6.45, 7) is 6.37. The highest BCUT2D eigenvalue weighted by Gasteiger charge is 2.51. The molecular weight excluding hydrogens is 588 g/mol. The number of nitrogens with zero attached hydrogens (tertiary/aromatic N) is 1. The molecule has 7 atom stereocenters. The van der Waals surface area contributed by atoms with Gasteiger partial charge < -0.3 is 30.2 Å². The Morgan fingerprint density at radius 1 is 0.935 bits per heavy atom. The summed E-state index contributed by atoms with van der Waals surface area (Å²) >= 11 is 0. The van der Waals surface area contributed by atoms with Crippen molar-refractivity contribution in [2.45, 2.75) is 95.4 Å². The lowest BCUT2D eigenvalue weighted by Crippen LogP contribution is -2.57. The number of fused-ring (bicyclic) bond motifs is 1. The van der Waals surface area contributed by atoms with E-state index in [2.05, 4.69) is 16.0 Å². The van der Waals surface area contributed by atoms with Gasteiger partial charge >= 0.3 is 0 Å². The Bertz CT molecular complexity index is 1210. The van der Waals surface area contributed by atoms with E-state index in [1.807, 2.05) is 29.2 Å². The van der Waals surface area contributed by atoms with Crippen LogP contribution in [0.2, 0.25) is 0 Å². The van der Waals surface area contributed by atoms with E-state index in [4.69, 9.17) is 14.2 Å². The summed E-state index contributed by atoms with van der Waals surface area (Å²) in [5.41, 5.74) is -0.0602. The first kappa shape index (κ1) is 34.3. The highest BCUT2D eigenvalue weighted by atomic mass is 16.6. The molecule has 2 saturated heterocycles. The summed E-state index contributed by atoms with van der Waals surface area (Å²) in [6, 6.07) is 4.80. The van der Waals surface area contributed by atoms with Gasteiger partial charge in [0.1, 0.15) is 23.4 Å². The first-order chi connectivity index (χ1) is 22.1. The molecule has 0 radical (unpaired) electrons. The summed E-state index contributed by atoms with van der Waals surface area (Å²) in [7, 11) is 1.59. The molecule has 2 aliphatic carbocycles. The molecule has 0 spiro atoms. The van der Waals surface area contributed by atoms with E-state index in [0.717, 1.165) is 18.4 Å². The maximum Gasteiger partial charge on any atom is 0.243 e. The topological polar surface area (TPSA) is 139 Å². The van der Waals surface area contributed by atoms with E-state index < -0.39 is 35.5 Å². The van der Waals surface area contributed by atoms with Gasteiger partial charge in [0.15, 0.2) is 5.78 Å². The second kappa shape index (κ2) is 15.7. The number of carbonyl (C=O) groups is 4. The Morgan fingerprint density at radius 3 is 2.30 bits per heavy atom. The zero-order chi connectivity index (χ0) is 32.7. The number of methoxy groups -OCH3 is 1. The van der Waals surface area contributed by atoms with E-state index in [9.17, 15) is 19.2 Å². The number of ether oxygens (including phenoxy) is 3. The number of hydrogen-bond donors (Lipinski definition) is 3. The highest BCUT2D eigenvalue weighted by molar-refractivity contribution is 5.98. The number of Topliss-reactive ketones (excluding diaryl/α,β-unsaturated/α-hetero) is 1. The van der Waals surface area contributed by atoms with Gasteiger partial charge in [-0.3, -0.25) is 24.1 Å². The Hall–Kier alpha value is -3.02. The normalized spacial score (nSPS) is 28.1. The Morgan fingerprint density at radius 2 is 1.61 bits per heavy atom. The molecule has 254 valence electrons. The number of benzene rings is 1. The summed E-state index contributed by atoms with van der Waals surface area (Å²) in [5.74, 6) is 1.08. The second-order valence-corrected chi connectivity index (χ2v) is 13.9. The van der Waals surface area contributed by atoms with E-state index in [0.29, 0.717) is 62.8 Å². The van der Waals surface area contributed by atoms with Crippen molar-refractivity contribution in [3.63, 3.8) is 0 Å². The molecule has 4 fully saturated rings. The van der Waals surface area contributed by atoms with E-state index in [1.165, 1.54) is 32.1 Å². The zero-order valence-electron chi connectivity index (χ0n) is 27.7. The molecule has 3 unspecified atom stereocenters. The van der Waals surface area contributed by atoms with E-state index >= 15 is 0 Å². The molecule has 2 aliphatic heterocycles. The van der Waals surface area contributed by atoms with Crippen molar-refractivity contribution in [1.29, 1.82) is 0 Å². The summed E-state index contributed by atoms with van der Waals surface area (Å²) in [6.07, 6.45) is 9.20. The van der Waals surface area contributed by atoms with Gasteiger partial charge in [-0.1, -0.05) is 50.7 Å². The van der Waals surface area contributed by atoms with Crippen LogP contribution in [0.15, 0.2) is 24.3 Å². The number of carbonyl (C=O) groups excluding carboxylic acids is 4. The van der Waals surface area contributed by atoms with Crippen molar-refractivity contribution in [2.24, 2.45) is 17.8 Å². The fraction of sp³-hybridized carbons (Fsp3) is 0.714. The number of ketones is 1. The summed E-state index contributed by atoms with van der Waals surface area (Å²) in [4.78, 5) is 55.9. The van der Waals surface area contributed by atoms with Gasteiger partial charge in [0.25, 0.3) is 0 Å². The number of morpholine rings is 1. The van der Waals surface area contributed by atoms with Gasteiger partial charge in [0.2, 0.25) is 17.7 Å². The molecule has 1 aromatic carbocycles. The van der Waals surface area contributed by atoms with Gasteiger partial charge in [-0.15, -0.1) is 0 Å². The van der Waals surface area contributed by atoms with E-state index in [1.54, 1.807) is 21.0 Å². The fourth-order valence-electron chi connectivity index (χ4n) is 7.61. The van der Waals surface area contributed by atoms with Crippen LogP contribution in [-0.4, -0.2) is 98.7 Å². The molecule has 0 bridgehead atoms. The minimum Gasteiger partial charge on any atom is -0.497 e. The number of rotatable bonds is 14. The van der Waals surface area contributed by atoms with Crippen molar-refractivity contribution in [2.75, 3.05) is 46.6 Å². The smallest absolute Gasteiger partial charge is 0.243 e. The van der Waals surface area contributed by atoms with Gasteiger partial charge in [-0.2, -0.15) is 0 Å². The third-order valence-electron chi connectivity index (χ3n) is 10.5. The first-order valence-corrected chi connectivity index (χ1v) is 17.2. The zero-order valence-corrected chi connectivity index (χ0v) is 27.7. The van der Waals surface area contributed by atoms with Crippen LogP contribution in [0.4, 0.5) is 0 Å². The molecular formula is C35H52N4O7. The Balaban J connectivity index is 1.28. The number of hydrogen-bond acceptors (Lipinski definition) is 8. The molecule has 46 heavy (non-hydrogen) atoms. The van der Waals surface area contributed by atoms with Gasteiger partial charge in [0.05, 0.1) is 39.5 Å². The van der Waals surface area contributed by atoms with Crippen molar-refractivity contribution in [1.82, 2.24) is 20.9 Å². The average Bonchev–Trinajstić information content (AvgIpc) is 3.82. The molecule has 5 rings (SSSR count). The summed E-state index contributed by atoms with van der Waals surface area (Å²) < 4.78 is 16.2. The average molecular weight is 641 g/mol. The highest BCUT2D eigenvalue weighted by Crippen LogP contribution is 2.46. The van der Waals surface area contributed by atoms with Gasteiger partial charge in [0, 0.05) is 19.5 Å². The predicted octanol–water partition coefficient (Wildman–Crippen LogP) is 2.40. The predicted molar refractivity (Wildman–Crippen MR) is 172 cm³/mol. The maximum absolute atomic E-state index is 14.1. The van der Waals surface area contributed by atoms with Gasteiger partial charge in [-0.05, 0) is 62.1 Å². The molecule has 2 saturated carbocycles. The SMILES string of the molecule is COc1ccc(C[C@H](NC(=O)[C@H](C)NC(=O)CN2CCOCC2)C(=O)N[C@@H](CC2CCCC3CCCCC32)C(=O)[C@@]2(C)CO2)cc1. The Kier molecular flexibility index (Phi) is 11.7. The van der Waals surface area contributed by atoms with Crippen LogP contribution in [0.3, 0.4) is 0 Å². The van der Waals surface area contributed by atoms with Crippen LogP contribution in [0.5, 0.6) is 5.75 Å².